The summed E-state index contributed by atoms with van der Waals surface area (Å²) >= 11 is 0. The molecule has 0 saturated carbocycles. The molecule has 0 radical (unpaired) electrons. The molecule has 1 aliphatic rings. The van der Waals surface area contributed by atoms with Crippen LogP contribution >= 0.6 is 0 Å². The van der Waals surface area contributed by atoms with Gasteiger partial charge in [-0.15, -0.1) is 0 Å². The van der Waals surface area contributed by atoms with E-state index in [-0.39, 0.29) is 5.92 Å². The second-order valence-corrected chi connectivity index (χ2v) is 16.9. The molecule has 0 saturated heterocycles. The first kappa shape index (κ1) is 35.5. The maximum absolute atomic E-state index is 2.42. The van der Waals surface area contributed by atoms with Gasteiger partial charge in [-0.25, -0.2) is 0 Å². The summed E-state index contributed by atoms with van der Waals surface area (Å²) in [4.78, 5) is 0. The molecule has 2 heterocycles. The van der Waals surface area contributed by atoms with Crippen LogP contribution in [0.4, 0.5) is 0 Å². The Bertz CT molecular complexity index is 3700. The zero-order chi connectivity index (χ0) is 41.4. The van der Waals surface area contributed by atoms with Gasteiger partial charge in [0.05, 0.1) is 22.1 Å². The second-order valence-electron chi connectivity index (χ2n) is 16.9. The predicted octanol–water partition coefficient (Wildman–Crippen LogP) is 16.0. The average Bonchev–Trinajstić information content (AvgIpc) is 4.00. The van der Waals surface area contributed by atoms with Crippen molar-refractivity contribution in [1.29, 1.82) is 0 Å². The van der Waals surface area contributed by atoms with E-state index >= 15 is 0 Å². The van der Waals surface area contributed by atoms with Crippen LogP contribution < -0.4 is 0 Å². The van der Waals surface area contributed by atoms with Crippen molar-refractivity contribution >= 4 is 43.6 Å². The van der Waals surface area contributed by atoms with E-state index in [4.69, 9.17) is 0 Å². The average molecular weight is 801 g/mol. The predicted molar refractivity (Wildman–Crippen MR) is 264 cm³/mol. The summed E-state index contributed by atoms with van der Waals surface area (Å²) in [5.41, 5.74) is 21.2. The summed E-state index contributed by atoms with van der Waals surface area (Å²) < 4.78 is 4.81. The maximum Gasteiger partial charge on any atom is 0.0541 e. The molecule has 10 aromatic carbocycles. The molecule has 63 heavy (non-hydrogen) atoms. The fourth-order valence-electron chi connectivity index (χ4n) is 10.5. The van der Waals surface area contributed by atoms with Crippen LogP contribution in [0.5, 0.6) is 0 Å². The van der Waals surface area contributed by atoms with E-state index in [0.29, 0.717) is 0 Å². The molecule has 0 aliphatic heterocycles. The standard InChI is InChI=1S/C61H40N2/c1-3-13-40(14-4-1)41-23-30-47(31-24-41)62-57-21-11-9-18-50(57)55-38-44(28-35-59(55)62)42-25-32-48(33-26-42)63-58-22-12-10-19-51(58)56-39-46(29-36-60(56)63)45-27-34-53-54(37-45)49-17-7-8-20-52(49)61(53)43-15-5-2-6-16-43/h1-39,61H. The van der Waals surface area contributed by atoms with Crippen molar-refractivity contribution in [3.05, 3.63) is 253 Å². The van der Waals surface area contributed by atoms with Crippen molar-refractivity contribution in [3.8, 4) is 55.9 Å². The van der Waals surface area contributed by atoms with E-state index in [2.05, 4.69) is 246 Å². The van der Waals surface area contributed by atoms with E-state index in [9.17, 15) is 0 Å². The fraction of sp³-hybridized carbons (Fsp3) is 0.0164. The van der Waals surface area contributed by atoms with Gasteiger partial charge in [0.15, 0.2) is 0 Å². The minimum Gasteiger partial charge on any atom is -0.309 e. The zero-order valence-corrected chi connectivity index (χ0v) is 34.5. The molecule has 0 spiro atoms. The van der Waals surface area contributed by atoms with Gasteiger partial charge in [0.1, 0.15) is 0 Å². The summed E-state index contributed by atoms with van der Waals surface area (Å²) in [7, 11) is 0. The number of fused-ring (bicyclic) bond motifs is 9. The van der Waals surface area contributed by atoms with Crippen LogP contribution in [0, 0.1) is 0 Å². The first-order chi connectivity index (χ1) is 31.2. The van der Waals surface area contributed by atoms with Crippen LogP contribution in [0.1, 0.15) is 22.6 Å². The largest absolute Gasteiger partial charge is 0.309 e. The van der Waals surface area contributed by atoms with Crippen LogP contribution in [0.2, 0.25) is 0 Å². The Balaban J connectivity index is 0.859. The SMILES string of the molecule is c1ccc(-c2ccc(-n3c4ccccc4c4cc(-c5ccc(-n6c7ccccc7c7cc(-c8ccc9c(c8)-c8ccccc8C9c8ccccc8)ccc76)cc5)ccc43)cc2)cc1. The summed E-state index contributed by atoms with van der Waals surface area (Å²) in [6.07, 6.45) is 0. The molecule has 2 aromatic heterocycles. The molecule has 0 bridgehead atoms. The Morgan fingerprint density at radius 3 is 1.29 bits per heavy atom. The molecule has 2 nitrogen and oxygen atoms in total. The van der Waals surface area contributed by atoms with Crippen LogP contribution in [-0.4, -0.2) is 9.13 Å². The highest BCUT2D eigenvalue weighted by atomic mass is 15.0. The minimum atomic E-state index is 0.248. The molecule has 1 unspecified atom stereocenters. The number of hydrogen-bond acceptors (Lipinski definition) is 0. The monoisotopic (exact) mass is 800 g/mol. The topological polar surface area (TPSA) is 9.86 Å². The lowest BCUT2D eigenvalue weighted by Crippen LogP contribution is -1.98. The molecule has 1 aliphatic carbocycles. The maximum atomic E-state index is 2.42. The first-order valence-electron chi connectivity index (χ1n) is 21.9. The van der Waals surface area contributed by atoms with Gasteiger partial charge in [0.25, 0.3) is 0 Å². The van der Waals surface area contributed by atoms with Crippen LogP contribution in [0.3, 0.4) is 0 Å². The Morgan fingerprint density at radius 2 is 0.667 bits per heavy atom. The number of para-hydroxylation sites is 2. The molecule has 0 fully saturated rings. The van der Waals surface area contributed by atoms with Crippen molar-refractivity contribution in [2.45, 2.75) is 5.92 Å². The molecular formula is C61H40N2. The molecule has 0 amide bonds. The second kappa shape index (κ2) is 14.2. The quantitative estimate of drug-likeness (QED) is 0.159. The van der Waals surface area contributed by atoms with Gasteiger partial charge in [0, 0.05) is 38.8 Å². The molecule has 2 heteroatoms. The lowest BCUT2D eigenvalue weighted by atomic mass is 9.89. The van der Waals surface area contributed by atoms with Crippen molar-refractivity contribution in [2.24, 2.45) is 0 Å². The van der Waals surface area contributed by atoms with Gasteiger partial charge in [-0.1, -0.05) is 170 Å². The molecule has 0 N–H and O–H groups in total. The van der Waals surface area contributed by atoms with E-state index in [1.165, 1.54) is 105 Å². The van der Waals surface area contributed by atoms with Gasteiger partial charge in [-0.05, 0) is 128 Å². The Morgan fingerprint density at radius 1 is 0.254 bits per heavy atom. The van der Waals surface area contributed by atoms with E-state index < -0.39 is 0 Å². The van der Waals surface area contributed by atoms with Crippen molar-refractivity contribution in [3.63, 3.8) is 0 Å². The first-order valence-corrected chi connectivity index (χ1v) is 21.9. The number of nitrogens with zero attached hydrogens (tertiary/aromatic N) is 2. The Labute approximate surface area is 366 Å². The Kier molecular flexibility index (Phi) is 8.01. The number of rotatable bonds is 6. The summed E-state index contributed by atoms with van der Waals surface area (Å²) in [6.45, 7) is 0. The highest BCUT2D eigenvalue weighted by molar-refractivity contribution is 6.12. The van der Waals surface area contributed by atoms with Crippen molar-refractivity contribution in [1.82, 2.24) is 9.13 Å². The molecule has 1 atom stereocenters. The fourth-order valence-corrected chi connectivity index (χ4v) is 10.5. The van der Waals surface area contributed by atoms with Crippen LogP contribution in [0.25, 0.3) is 99.5 Å². The molecule has 13 rings (SSSR count). The van der Waals surface area contributed by atoms with Gasteiger partial charge in [-0.2, -0.15) is 0 Å². The van der Waals surface area contributed by atoms with Crippen LogP contribution in [-0.2, 0) is 0 Å². The summed E-state index contributed by atoms with van der Waals surface area (Å²) in [6, 6.07) is 87.1. The van der Waals surface area contributed by atoms with E-state index in [0.717, 1.165) is 11.4 Å². The van der Waals surface area contributed by atoms with Crippen LogP contribution in [0.15, 0.2) is 237 Å². The smallest absolute Gasteiger partial charge is 0.0541 e. The normalized spacial score (nSPS) is 13.2. The van der Waals surface area contributed by atoms with E-state index in [1.54, 1.807) is 0 Å². The number of benzene rings is 10. The number of hydrogen-bond donors (Lipinski definition) is 0. The highest BCUT2D eigenvalue weighted by Crippen LogP contribution is 2.49. The van der Waals surface area contributed by atoms with Crippen molar-refractivity contribution in [2.75, 3.05) is 0 Å². The van der Waals surface area contributed by atoms with Gasteiger partial charge in [0.2, 0.25) is 0 Å². The molecule has 12 aromatic rings. The zero-order valence-electron chi connectivity index (χ0n) is 34.5. The van der Waals surface area contributed by atoms with Gasteiger partial charge in [-0.3, -0.25) is 0 Å². The molecular weight excluding hydrogens is 761 g/mol. The summed E-state index contributed by atoms with van der Waals surface area (Å²) in [5, 5.41) is 5.02. The summed E-state index contributed by atoms with van der Waals surface area (Å²) in [5.74, 6) is 0.248. The third kappa shape index (κ3) is 5.65. The highest BCUT2D eigenvalue weighted by Gasteiger charge is 2.30. The lowest BCUT2D eigenvalue weighted by molar-refractivity contribution is 1.02. The van der Waals surface area contributed by atoms with Gasteiger partial charge < -0.3 is 9.13 Å². The minimum absolute atomic E-state index is 0.248. The third-order valence-corrected chi connectivity index (χ3v) is 13.4. The Hall–Kier alpha value is -8.20. The lowest BCUT2D eigenvalue weighted by Gasteiger charge is -2.14. The molecule has 294 valence electrons. The van der Waals surface area contributed by atoms with Gasteiger partial charge >= 0.3 is 0 Å². The third-order valence-electron chi connectivity index (χ3n) is 13.4. The number of aromatic nitrogens is 2. The van der Waals surface area contributed by atoms with E-state index in [1.807, 2.05) is 0 Å². The van der Waals surface area contributed by atoms with Crippen molar-refractivity contribution < 1.29 is 0 Å².